The molecule has 0 bridgehead atoms. The molecule has 130 valence electrons. The molecule has 7 heteroatoms. The molecule has 0 amide bonds. The fourth-order valence-corrected chi connectivity index (χ4v) is 3.02. The van der Waals surface area contributed by atoms with Crippen LogP contribution in [0.3, 0.4) is 0 Å². The van der Waals surface area contributed by atoms with Gasteiger partial charge in [0, 0.05) is 43.5 Å². The van der Waals surface area contributed by atoms with E-state index in [1.165, 1.54) is 12.1 Å². The largest absolute Gasteiger partial charge is 0.338 e. The fraction of sp³-hybridized carbons (Fsp3) is 0.529. The van der Waals surface area contributed by atoms with Crippen molar-refractivity contribution in [3.05, 3.63) is 29.3 Å². The monoisotopic (exact) mass is 335 g/mol. The third-order valence-electron chi connectivity index (χ3n) is 4.41. The second-order valence-electron chi connectivity index (χ2n) is 6.60. The van der Waals surface area contributed by atoms with Gasteiger partial charge in [0.25, 0.3) is 0 Å². The van der Waals surface area contributed by atoms with Crippen molar-refractivity contribution in [3.63, 3.8) is 0 Å². The molecule has 2 heterocycles. The standard InChI is InChI=1S/C17H23F2N5/c1-11(2)21-24-12(3)13-9-14(18)15(19)10-16(13)20-17(24)23-7-5-22(4)6-8-23/h9-10,12H,5-8H2,1-4H3. The van der Waals surface area contributed by atoms with Gasteiger partial charge < -0.3 is 9.80 Å². The minimum Gasteiger partial charge on any atom is -0.338 e. The maximum atomic E-state index is 13.7. The molecule has 1 aromatic rings. The van der Waals surface area contributed by atoms with Crippen molar-refractivity contribution in [2.45, 2.75) is 26.8 Å². The van der Waals surface area contributed by atoms with Gasteiger partial charge in [-0.25, -0.2) is 18.8 Å². The third-order valence-corrected chi connectivity index (χ3v) is 4.41. The first-order valence-electron chi connectivity index (χ1n) is 8.19. The van der Waals surface area contributed by atoms with E-state index in [0.29, 0.717) is 17.2 Å². The number of hydrazone groups is 1. The number of guanidine groups is 1. The quantitative estimate of drug-likeness (QED) is 0.740. The van der Waals surface area contributed by atoms with E-state index < -0.39 is 11.6 Å². The van der Waals surface area contributed by atoms with E-state index in [1.807, 2.05) is 25.8 Å². The minimum absolute atomic E-state index is 0.211. The number of nitrogens with zero attached hydrogens (tertiary/aromatic N) is 5. The highest BCUT2D eigenvalue weighted by molar-refractivity contribution is 5.88. The summed E-state index contributed by atoms with van der Waals surface area (Å²) in [6.07, 6.45) is 0. The van der Waals surface area contributed by atoms with Crippen molar-refractivity contribution < 1.29 is 8.78 Å². The van der Waals surface area contributed by atoms with Crippen LogP contribution in [0.4, 0.5) is 14.5 Å². The molecule has 0 aliphatic carbocycles. The van der Waals surface area contributed by atoms with Gasteiger partial charge in [-0.1, -0.05) is 0 Å². The molecule has 3 rings (SSSR count). The molecule has 0 saturated carbocycles. The number of hydrogen-bond donors (Lipinski definition) is 0. The van der Waals surface area contributed by atoms with Crippen LogP contribution in [0.2, 0.25) is 0 Å². The maximum absolute atomic E-state index is 13.7. The third kappa shape index (κ3) is 3.13. The SMILES string of the molecule is CC(C)=NN1C(N2CCN(C)CC2)=Nc2cc(F)c(F)cc2C1C. The summed E-state index contributed by atoms with van der Waals surface area (Å²) in [7, 11) is 2.09. The summed E-state index contributed by atoms with van der Waals surface area (Å²) in [6.45, 7) is 9.28. The zero-order chi connectivity index (χ0) is 17.4. The molecule has 1 unspecified atom stereocenters. The predicted octanol–water partition coefficient (Wildman–Crippen LogP) is 2.97. The number of rotatable bonds is 1. The van der Waals surface area contributed by atoms with Crippen molar-refractivity contribution >= 4 is 17.4 Å². The summed E-state index contributed by atoms with van der Waals surface area (Å²) in [5, 5.41) is 6.41. The van der Waals surface area contributed by atoms with E-state index in [9.17, 15) is 8.78 Å². The minimum atomic E-state index is -0.869. The predicted molar refractivity (Wildman–Crippen MR) is 91.6 cm³/mol. The number of hydrogen-bond acceptors (Lipinski definition) is 5. The zero-order valence-corrected chi connectivity index (χ0v) is 14.6. The van der Waals surface area contributed by atoms with E-state index in [0.717, 1.165) is 31.9 Å². The van der Waals surface area contributed by atoms with Gasteiger partial charge in [0.1, 0.15) is 0 Å². The summed E-state index contributed by atoms with van der Waals surface area (Å²) < 4.78 is 27.3. The van der Waals surface area contributed by atoms with Crippen molar-refractivity contribution in [2.75, 3.05) is 33.2 Å². The first-order valence-corrected chi connectivity index (χ1v) is 8.19. The first-order chi connectivity index (χ1) is 11.4. The molecule has 0 radical (unpaired) electrons. The molecule has 1 saturated heterocycles. The van der Waals surface area contributed by atoms with Gasteiger partial charge in [-0.2, -0.15) is 5.10 Å². The Kier molecular flexibility index (Phi) is 4.54. The lowest BCUT2D eigenvalue weighted by Gasteiger charge is -2.41. The van der Waals surface area contributed by atoms with Gasteiger partial charge in [-0.3, -0.25) is 0 Å². The number of benzene rings is 1. The smallest absolute Gasteiger partial charge is 0.223 e. The summed E-state index contributed by atoms with van der Waals surface area (Å²) in [4.78, 5) is 9.03. The Bertz CT molecular complexity index is 688. The van der Waals surface area contributed by atoms with Crippen LogP contribution in [0.25, 0.3) is 0 Å². The molecule has 1 aromatic carbocycles. The summed E-state index contributed by atoms with van der Waals surface area (Å²) in [6, 6.07) is 2.20. The van der Waals surface area contributed by atoms with Gasteiger partial charge >= 0.3 is 0 Å². The Morgan fingerprint density at radius 3 is 2.38 bits per heavy atom. The average molecular weight is 335 g/mol. The highest BCUT2D eigenvalue weighted by Crippen LogP contribution is 2.37. The number of halogens is 2. The molecule has 5 nitrogen and oxygen atoms in total. The molecule has 24 heavy (non-hydrogen) atoms. The summed E-state index contributed by atoms with van der Waals surface area (Å²) in [5.74, 6) is -1.02. The van der Waals surface area contributed by atoms with E-state index in [4.69, 9.17) is 0 Å². The molecule has 0 spiro atoms. The van der Waals surface area contributed by atoms with Gasteiger partial charge in [0.15, 0.2) is 11.6 Å². The summed E-state index contributed by atoms with van der Waals surface area (Å²) >= 11 is 0. The van der Waals surface area contributed by atoms with Gasteiger partial charge in [0.2, 0.25) is 5.96 Å². The van der Waals surface area contributed by atoms with Crippen LogP contribution in [-0.4, -0.2) is 59.7 Å². The molecule has 0 N–H and O–H groups in total. The number of aliphatic imine (C=N–C) groups is 1. The molecule has 0 aromatic heterocycles. The Morgan fingerprint density at radius 1 is 1.12 bits per heavy atom. The summed E-state index contributed by atoms with van der Waals surface area (Å²) in [5.41, 5.74) is 2.02. The lowest BCUT2D eigenvalue weighted by Crippen LogP contribution is -2.52. The average Bonchev–Trinajstić information content (AvgIpc) is 2.53. The van der Waals surface area contributed by atoms with Crippen LogP contribution < -0.4 is 0 Å². The molecule has 2 aliphatic rings. The molecular formula is C17H23F2N5. The van der Waals surface area contributed by atoms with Crippen LogP contribution in [0.5, 0.6) is 0 Å². The fourth-order valence-electron chi connectivity index (χ4n) is 3.02. The molecule has 2 aliphatic heterocycles. The van der Waals surface area contributed by atoms with Gasteiger partial charge in [-0.15, -0.1) is 0 Å². The molecule has 1 atom stereocenters. The van der Waals surface area contributed by atoms with E-state index >= 15 is 0 Å². The molecular weight excluding hydrogens is 312 g/mol. The number of fused-ring (bicyclic) bond motifs is 1. The Hall–Kier alpha value is -2.02. The Labute approximate surface area is 141 Å². The number of piperazine rings is 1. The van der Waals surface area contributed by atoms with E-state index in [2.05, 4.69) is 26.9 Å². The Morgan fingerprint density at radius 2 is 1.75 bits per heavy atom. The van der Waals surface area contributed by atoms with Crippen molar-refractivity contribution in [1.29, 1.82) is 0 Å². The van der Waals surface area contributed by atoms with Crippen LogP contribution >= 0.6 is 0 Å². The normalized spacial score (nSPS) is 21.4. The van der Waals surface area contributed by atoms with Crippen LogP contribution in [-0.2, 0) is 0 Å². The topological polar surface area (TPSA) is 34.4 Å². The Balaban J connectivity index is 2.05. The van der Waals surface area contributed by atoms with E-state index in [1.54, 1.807) is 0 Å². The number of likely N-dealkylation sites (N-methyl/N-ethyl adjacent to an activating group) is 1. The highest BCUT2D eigenvalue weighted by atomic mass is 19.2. The molecule has 1 fully saturated rings. The van der Waals surface area contributed by atoms with Crippen LogP contribution in [0, 0.1) is 11.6 Å². The van der Waals surface area contributed by atoms with E-state index in [-0.39, 0.29) is 6.04 Å². The van der Waals surface area contributed by atoms with Crippen LogP contribution in [0.1, 0.15) is 32.4 Å². The van der Waals surface area contributed by atoms with Crippen molar-refractivity contribution in [1.82, 2.24) is 14.8 Å². The first kappa shape index (κ1) is 16.8. The van der Waals surface area contributed by atoms with Crippen molar-refractivity contribution in [2.24, 2.45) is 10.1 Å². The van der Waals surface area contributed by atoms with Gasteiger partial charge in [0.05, 0.1) is 11.7 Å². The van der Waals surface area contributed by atoms with Crippen molar-refractivity contribution in [3.8, 4) is 0 Å². The zero-order valence-electron chi connectivity index (χ0n) is 14.6. The van der Waals surface area contributed by atoms with Crippen LogP contribution in [0.15, 0.2) is 22.2 Å². The van der Waals surface area contributed by atoms with Gasteiger partial charge in [-0.05, 0) is 33.9 Å². The second-order valence-corrected chi connectivity index (χ2v) is 6.60. The highest BCUT2D eigenvalue weighted by Gasteiger charge is 2.32. The lowest BCUT2D eigenvalue weighted by molar-refractivity contribution is 0.186. The lowest BCUT2D eigenvalue weighted by atomic mass is 10.0. The maximum Gasteiger partial charge on any atom is 0.223 e. The second kappa shape index (κ2) is 6.47.